The highest BCUT2D eigenvalue weighted by molar-refractivity contribution is 7.34. The molecule has 5 heteroatoms. The first kappa shape index (κ1) is 8.68. The van der Waals surface area contributed by atoms with Crippen molar-refractivity contribution in [1.82, 2.24) is 0 Å². The van der Waals surface area contributed by atoms with E-state index in [1.807, 2.05) is 0 Å². The van der Waals surface area contributed by atoms with Crippen LogP contribution >= 0.6 is 8.25 Å². The topological polar surface area (TPSA) is 52.6 Å². The van der Waals surface area contributed by atoms with Gasteiger partial charge >= 0.3 is 14.7 Å². The zero-order valence-corrected chi connectivity index (χ0v) is 6.94. The van der Waals surface area contributed by atoms with Gasteiger partial charge in [-0.25, -0.2) is 4.52 Å². The van der Waals surface area contributed by atoms with Gasteiger partial charge in [-0.1, -0.05) is 18.2 Å². The molecule has 0 aliphatic heterocycles. The second-order valence-electron chi connectivity index (χ2n) is 1.83. The monoisotopic (exact) mass is 185 g/mol. The van der Waals surface area contributed by atoms with Crippen molar-refractivity contribution in [2.75, 3.05) is 0 Å². The van der Waals surface area contributed by atoms with E-state index in [1.165, 1.54) is 0 Å². The lowest BCUT2D eigenvalue weighted by Gasteiger charge is -1.87. The van der Waals surface area contributed by atoms with Gasteiger partial charge in [0.1, 0.15) is 0 Å². The molecule has 1 atom stereocenters. The van der Waals surface area contributed by atoms with Gasteiger partial charge in [0.25, 0.3) is 0 Å². The lowest BCUT2D eigenvalue weighted by atomic mass is 10.3. The van der Waals surface area contributed by atoms with Crippen LogP contribution in [0.25, 0.3) is 0 Å². The minimum atomic E-state index is -2.38. The van der Waals surface area contributed by atoms with Crippen LogP contribution in [0.1, 0.15) is 0 Å². The Morgan fingerprint density at radius 2 is 1.92 bits per heavy atom. The minimum absolute atomic E-state index is 0.0850. The van der Waals surface area contributed by atoms with Gasteiger partial charge in [-0.05, 0) is 12.1 Å². The Labute approximate surface area is 70.1 Å². The fourth-order valence-corrected chi connectivity index (χ4v) is 1.03. The van der Waals surface area contributed by atoms with Crippen LogP contribution < -0.4 is 4.52 Å². The van der Waals surface area contributed by atoms with Crippen LogP contribution in [0.2, 0.25) is 0 Å². The third-order valence-corrected chi connectivity index (χ3v) is 1.67. The number of benzene rings is 1. The maximum Gasteiger partial charge on any atom is 0.808 e. The highest BCUT2D eigenvalue weighted by Gasteiger charge is 2.21. The zero-order chi connectivity index (χ0) is 8.81. The number of hydrogen-bond donors (Lipinski definition) is 0. The summed E-state index contributed by atoms with van der Waals surface area (Å²) in [6, 6.07) is 8.46. The quantitative estimate of drug-likeness (QED) is 0.530. The van der Waals surface area contributed by atoms with E-state index >= 15 is 0 Å². The van der Waals surface area contributed by atoms with Gasteiger partial charge in [-0.2, -0.15) is 4.52 Å². The Hall–Kier alpha value is -1.41. The van der Waals surface area contributed by atoms with Crippen LogP contribution in [0.4, 0.5) is 0 Å². The summed E-state index contributed by atoms with van der Waals surface area (Å²) >= 11 is 0. The second kappa shape index (κ2) is 4.46. The standard InChI is InChI=1S/C7H6O4P/c8-6-10-12(9)11-7-4-2-1-3-5-7/h1-6H/q+1. The van der Waals surface area contributed by atoms with Crippen molar-refractivity contribution < 1.29 is 18.4 Å². The lowest BCUT2D eigenvalue weighted by Crippen LogP contribution is -1.83. The Morgan fingerprint density at radius 3 is 2.50 bits per heavy atom. The number of carbonyl (C=O) groups excluding carboxylic acids is 1. The van der Waals surface area contributed by atoms with E-state index < -0.39 is 8.25 Å². The molecule has 0 aromatic heterocycles. The van der Waals surface area contributed by atoms with E-state index in [4.69, 9.17) is 4.52 Å². The first-order valence-electron chi connectivity index (χ1n) is 3.13. The van der Waals surface area contributed by atoms with Gasteiger partial charge in [-0.3, -0.25) is 4.79 Å². The van der Waals surface area contributed by atoms with Crippen LogP contribution in [0.5, 0.6) is 5.75 Å². The highest BCUT2D eigenvalue weighted by atomic mass is 31.1. The summed E-state index contributed by atoms with van der Waals surface area (Å²) in [7, 11) is -2.38. The molecule has 0 aliphatic rings. The average Bonchev–Trinajstić information content (AvgIpc) is 2.06. The van der Waals surface area contributed by atoms with Gasteiger partial charge in [-0.15, -0.1) is 0 Å². The predicted molar refractivity (Wildman–Crippen MR) is 41.8 cm³/mol. The molecular weight excluding hydrogens is 179 g/mol. The van der Waals surface area contributed by atoms with E-state index in [2.05, 4.69) is 4.52 Å². The summed E-state index contributed by atoms with van der Waals surface area (Å²) < 4.78 is 19.4. The molecule has 62 valence electrons. The zero-order valence-electron chi connectivity index (χ0n) is 6.04. The summed E-state index contributed by atoms with van der Waals surface area (Å²) in [6.07, 6.45) is 0. The minimum Gasteiger partial charge on any atom is -0.250 e. The first-order chi connectivity index (χ1) is 5.83. The number of para-hydroxylation sites is 1. The molecule has 1 unspecified atom stereocenters. The number of carbonyl (C=O) groups is 1. The van der Waals surface area contributed by atoms with Gasteiger partial charge in [0.05, 0.1) is 0 Å². The van der Waals surface area contributed by atoms with Crippen molar-refractivity contribution in [3.8, 4) is 5.75 Å². The third-order valence-electron chi connectivity index (χ3n) is 1.05. The van der Waals surface area contributed by atoms with Crippen molar-refractivity contribution in [1.29, 1.82) is 0 Å². The van der Waals surface area contributed by atoms with E-state index in [0.717, 1.165) is 0 Å². The largest absolute Gasteiger partial charge is 0.808 e. The molecule has 0 fully saturated rings. The molecule has 0 spiro atoms. The summed E-state index contributed by atoms with van der Waals surface area (Å²) in [5, 5.41) is 0. The molecule has 0 bridgehead atoms. The van der Waals surface area contributed by atoms with Gasteiger partial charge in [0.2, 0.25) is 0 Å². The molecule has 1 rings (SSSR count). The van der Waals surface area contributed by atoms with Crippen LogP contribution in [-0.2, 0) is 13.9 Å². The van der Waals surface area contributed by atoms with Gasteiger partial charge < -0.3 is 0 Å². The molecule has 4 nitrogen and oxygen atoms in total. The molecule has 0 saturated heterocycles. The van der Waals surface area contributed by atoms with Crippen molar-refractivity contribution in [3.05, 3.63) is 30.3 Å². The van der Waals surface area contributed by atoms with Crippen LogP contribution in [0.3, 0.4) is 0 Å². The second-order valence-corrected chi connectivity index (χ2v) is 2.67. The van der Waals surface area contributed by atoms with Crippen molar-refractivity contribution in [2.24, 2.45) is 0 Å². The fraction of sp³-hybridized carbons (Fsp3) is 0. The Balaban J connectivity index is 2.52. The Bertz CT molecular complexity index is 272. The maximum atomic E-state index is 10.7. The van der Waals surface area contributed by atoms with E-state index in [0.29, 0.717) is 5.75 Å². The van der Waals surface area contributed by atoms with E-state index in [9.17, 15) is 9.36 Å². The van der Waals surface area contributed by atoms with Crippen molar-refractivity contribution >= 4 is 14.7 Å². The maximum absolute atomic E-state index is 10.7. The van der Waals surface area contributed by atoms with Crippen molar-refractivity contribution in [2.45, 2.75) is 0 Å². The molecule has 0 aliphatic carbocycles. The average molecular weight is 185 g/mol. The highest BCUT2D eigenvalue weighted by Crippen LogP contribution is 2.25. The summed E-state index contributed by atoms with van der Waals surface area (Å²) in [4.78, 5) is 9.72. The molecule has 0 radical (unpaired) electrons. The summed E-state index contributed by atoms with van der Waals surface area (Å²) in [6.45, 7) is 0.0850. The molecule has 0 amide bonds. The Kier molecular flexibility index (Phi) is 3.23. The molecule has 1 aromatic carbocycles. The smallest absolute Gasteiger partial charge is 0.250 e. The fourth-order valence-electron chi connectivity index (χ4n) is 0.624. The SMILES string of the molecule is O=CO[P+](=O)Oc1ccccc1. The van der Waals surface area contributed by atoms with Gasteiger partial charge in [0, 0.05) is 4.57 Å². The number of rotatable bonds is 4. The van der Waals surface area contributed by atoms with Crippen LogP contribution in [-0.4, -0.2) is 6.47 Å². The first-order valence-corrected chi connectivity index (χ1v) is 4.23. The van der Waals surface area contributed by atoms with Crippen LogP contribution in [0.15, 0.2) is 30.3 Å². The van der Waals surface area contributed by atoms with Crippen LogP contribution in [0, 0.1) is 0 Å². The molecule has 1 aromatic rings. The van der Waals surface area contributed by atoms with E-state index in [-0.39, 0.29) is 6.47 Å². The molecular formula is C7H6O4P+. The summed E-state index contributed by atoms with van der Waals surface area (Å²) in [5.74, 6) is 0.403. The third kappa shape index (κ3) is 2.68. The van der Waals surface area contributed by atoms with Gasteiger partial charge in [0.15, 0.2) is 5.75 Å². The summed E-state index contributed by atoms with van der Waals surface area (Å²) in [5.41, 5.74) is 0. The molecule has 12 heavy (non-hydrogen) atoms. The Morgan fingerprint density at radius 1 is 1.25 bits per heavy atom. The number of hydrogen-bond acceptors (Lipinski definition) is 4. The molecule has 0 N–H and O–H groups in total. The molecule has 0 saturated carbocycles. The van der Waals surface area contributed by atoms with Crippen molar-refractivity contribution in [3.63, 3.8) is 0 Å². The predicted octanol–water partition coefficient (Wildman–Crippen LogP) is 1.90. The normalized spacial score (nSPS) is 10.2. The lowest BCUT2D eigenvalue weighted by molar-refractivity contribution is -0.120. The molecule has 0 heterocycles. The van der Waals surface area contributed by atoms with E-state index in [1.54, 1.807) is 30.3 Å².